The number of rotatable bonds is 0. The van der Waals surface area contributed by atoms with Crippen LogP contribution in [0.15, 0.2) is 22.8 Å². The van der Waals surface area contributed by atoms with Crippen molar-refractivity contribution in [2.24, 2.45) is 0 Å². The third-order valence-corrected chi connectivity index (χ3v) is 1.99. The van der Waals surface area contributed by atoms with E-state index in [4.69, 9.17) is 8.83 Å². The van der Waals surface area contributed by atoms with Gasteiger partial charge in [-0.3, -0.25) is 0 Å². The molecule has 0 saturated heterocycles. The van der Waals surface area contributed by atoms with Gasteiger partial charge in [-0.2, -0.15) is 0 Å². The predicted octanol–water partition coefficient (Wildman–Crippen LogP) is 1.33. The fourth-order valence-electron chi connectivity index (χ4n) is 0.972. The second-order valence-corrected chi connectivity index (χ2v) is 4.72. The Morgan fingerprint density at radius 2 is 1.29 bits per heavy atom. The molecule has 0 spiro atoms. The molecule has 0 radical (unpaired) electrons. The molecular weight excluding hydrogens is 386 g/mol. The molecule has 0 saturated carbocycles. The van der Waals surface area contributed by atoms with E-state index in [1.54, 1.807) is 27.7 Å². The molecule has 2 N–H and O–H groups in total. The van der Waals surface area contributed by atoms with E-state index in [2.05, 4.69) is 56.3 Å². The van der Waals surface area contributed by atoms with Crippen molar-refractivity contribution in [3.05, 3.63) is 38.9 Å². The number of hydrogen-bond donors (Lipinski definition) is 2. The monoisotopic (exact) mass is 405 g/mol. The lowest BCUT2D eigenvalue weighted by Gasteiger charge is -1.70. The third-order valence-electron chi connectivity index (χ3n) is 1.67. The van der Waals surface area contributed by atoms with Crippen LogP contribution in [0.2, 0.25) is 0 Å². The summed E-state index contributed by atoms with van der Waals surface area (Å²) in [5, 5.41) is 22.5. The third kappa shape index (κ3) is 11.3. The maximum atomic E-state index is 10.0. The average molecular weight is 406 g/mol. The van der Waals surface area contributed by atoms with Crippen LogP contribution < -0.4 is 11.1 Å². The first kappa shape index (κ1) is 21.7. The van der Waals surface area contributed by atoms with E-state index in [1.165, 1.54) is 0 Å². The number of H-pyrrole nitrogens is 1. The molecule has 0 aliphatic heterocycles. The van der Waals surface area contributed by atoms with E-state index in [0.717, 1.165) is 0 Å². The molecule has 0 bridgehead atoms. The van der Waals surface area contributed by atoms with Gasteiger partial charge in [0.2, 0.25) is 23.6 Å². The van der Waals surface area contributed by atoms with Crippen LogP contribution in [0.4, 0.5) is 0 Å². The van der Waals surface area contributed by atoms with Crippen LogP contribution in [0.3, 0.4) is 0 Å². The van der Waals surface area contributed by atoms with E-state index < -0.39 is 5.76 Å². The van der Waals surface area contributed by atoms with Gasteiger partial charge >= 0.3 is 5.76 Å². The van der Waals surface area contributed by atoms with Gasteiger partial charge < -0.3 is 18.6 Å². The maximum absolute atomic E-state index is 10.0. The van der Waals surface area contributed by atoms with Crippen molar-refractivity contribution in [1.29, 1.82) is 0 Å². The fraction of sp³-hybridized carbons (Fsp3) is 0.500. The standard InChI is InChI=1S/C4H6N2O.C3H3BrN2O.C3H4N2O2.C2H7N/c1-3-5-6-4(2)7-3;1-2-5-6-3(4)7-2;1-2-4-5-3(6)7-2;1-3-2/h1-2H3;1H3;1H3,(H,5,6);3H,1-2H3. The number of nitrogens with one attached hydrogen (secondary N) is 2. The Balaban J connectivity index is 0.000000306. The van der Waals surface area contributed by atoms with Crippen molar-refractivity contribution in [2.45, 2.75) is 27.7 Å². The Kier molecular flexibility index (Phi) is 10.9. The van der Waals surface area contributed by atoms with Gasteiger partial charge in [-0.05, 0) is 14.1 Å². The summed E-state index contributed by atoms with van der Waals surface area (Å²) in [6.07, 6.45) is 0. The zero-order valence-corrected chi connectivity index (χ0v) is 15.8. The summed E-state index contributed by atoms with van der Waals surface area (Å²) < 4.78 is 14.0. The van der Waals surface area contributed by atoms with E-state index in [9.17, 15) is 4.79 Å². The highest BCUT2D eigenvalue weighted by Crippen LogP contribution is 2.03. The van der Waals surface area contributed by atoms with Gasteiger partial charge in [0.1, 0.15) is 0 Å². The van der Waals surface area contributed by atoms with Crippen LogP contribution in [-0.2, 0) is 0 Å². The topological polar surface area (TPSA) is 149 Å². The lowest BCUT2D eigenvalue weighted by atomic mass is 10.8. The minimum Gasteiger partial charge on any atom is -0.426 e. The fourth-order valence-corrected chi connectivity index (χ4v) is 1.29. The van der Waals surface area contributed by atoms with Gasteiger partial charge in [-0.25, -0.2) is 9.89 Å². The Hall–Kier alpha value is -2.34. The van der Waals surface area contributed by atoms with Crippen LogP contribution in [0.25, 0.3) is 0 Å². The maximum Gasteiger partial charge on any atom is 0.434 e. The smallest absolute Gasteiger partial charge is 0.426 e. The Morgan fingerprint density at radius 1 is 0.833 bits per heavy atom. The minimum absolute atomic E-state index is 0.366. The molecule has 0 atom stereocenters. The molecule has 0 unspecified atom stereocenters. The zero-order valence-electron chi connectivity index (χ0n) is 14.2. The summed E-state index contributed by atoms with van der Waals surface area (Å²) in [7, 11) is 3.75. The van der Waals surface area contributed by atoms with Crippen molar-refractivity contribution < 1.29 is 13.3 Å². The van der Waals surface area contributed by atoms with Gasteiger partial charge in [0.25, 0.3) is 4.80 Å². The van der Waals surface area contributed by atoms with Crippen molar-refractivity contribution in [1.82, 2.24) is 35.9 Å². The molecule has 0 fully saturated rings. The van der Waals surface area contributed by atoms with Crippen LogP contribution in [-0.4, -0.2) is 44.7 Å². The van der Waals surface area contributed by atoms with Crippen LogP contribution in [0.1, 0.15) is 23.6 Å². The lowest BCUT2D eigenvalue weighted by Crippen LogP contribution is -1.93. The van der Waals surface area contributed by atoms with Gasteiger partial charge in [0, 0.05) is 43.6 Å². The van der Waals surface area contributed by atoms with E-state index in [1.807, 2.05) is 14.1 Å². The first-order chi connectivity index (χ1) is 11.3. The summed E-state index contributed by atoms with van der Waals surface area (Å²) in [5.41, 5.74) is 0. The second-order valence-electron chi connectivity index (χ2n) is 4.05. The Labute approximate surface area is 146 Å². The first-order valence-electron chi connectivity index (χ1n) is 6.61. The van der Waals surface area contributed by atoms with Crippen LogP contribution in [0, 0.1) is 27.7 Å². The predicted molar refractivity (Wildman–Crippen MR) is 87.4 cm³/mol. The van der Waals surface area contributed by atoms with Gasteiger partial charge in [0.05, 0.1) is 0 Å². The quantitative estimate of drug-likeness (QED) is 0.560. The number of aromatic amines is 1. The van der Waals surface area contributed by atoms with Crippen molar-refractivity contribution in [3.63, 3.8) is 0 Å². The van der Waals surface area contributed by atoms with Gasteiger partial charge in [-0.1, -0.05) is 0 Å². The van der Waals surface area contributed by atoms with Crippen molar-refractivity contribution >= 4 is 15.9 Å². The highest BCUT2D eigenvalue weighted by molar-refractivity contribution is 9.10. The molecule has 3 heterocycles. The molecule has 0 aromatic carbocycles. The number of hydrogen-bond acceptors (Lipinski definition) is 10. The first-order valence-corrected chi connectivity index (χ1v) is 7.40. The van der Waals surface area contributed by atoms with E-state index >= 15 is 0 Å². The second kappa shape index (κ2) is 12.1. The summed E-state index contributed by atoms with van der Waals surface area (Å²) in [6, 6.07) is 0. The molecule has 3 rings (SSSR count). The zero-order chi connectivity index (χ0) is 18.5. The molecule has 3 aromatic heterocycles. The average Bonchev–Trinajstić information content (AvgIpc) is 3.17. The normalized spacial score (nSPS) is 8.96. The summed E-state index contributed by atoms with van der Waals surface area (Å²) in [4.78, 5) is 10.4. The van der Waals surface area contributed by atoms with Gasteiger partial charge in [-0.15, -0.1) is 25.5 Å². The highest BCUT2D eigenvalue weighted by Gasteiger charge is 1.92. The summed E-state index contributed by atoms with van der Waals surface area (Å²) >= 11 is 2.99. The number of nitrogens with zero attached hydrogens (tertiary/aromatic N) is 5. The SMILES string of the molecule is CNC.Cc1n[nH]c(=O)o1.Cc1nnc(Br)o1.Cc1nnc(C)o1. The molecule has 11 nitrogen and oxygen atoms in total. The molecule has 0 amide bonds. The highest BCUT2D eigenvalue weighted by atomic mass is 79.9. The van der Waals surface area contributed by atoms with E-state index in [-0.39, 0.29) is 0 Å². The molecule has 0 aliphatic carbocycles. The number of aryl methyl sites for hydroxylation is 4. The van der Waals surface area contributed by atoms with E-state index in [0.29, 0.717) is 28.4 Å². The largest absolute Gasteiger partial charge is 0.434 e. The van der Waals surface area contributed by atoms with Crippen LogP contribution >= 0.6 is 15.9 Å². The van der Waals surface area contributed by atoms with Crippen LogP contribution in [0.5, 0.6) is 0 Å². The molecule has 24 heavy (non-hydrogen) atoms. The Bertz CT molecular complexity index is 662. The Morgan fingerprint density at radius 3 is 1.42 bits per heavy atom. The molecule has 12 heteroatoms. The lowest BCUT2D eigenvalue weighted by molar-refractivity contribution is 0.483. The minimum atomic E-state index is -0.502. The van der Waals surface area contributed by atoms with Crippen molar-refractivity contribution in [3.8, 4) is 0 Å². The summed E-state index contributed by atoms with van der Waals surface area (Å²) in [6.45, 7) is 6.86. The molecular formula is C12H20BrN7O4. The summed E-state index contributed by atoms with van der Waals surface area (Å²) in [5.74, 6) is 1.68. The number of halogens is 1. The number of aromatic nitrogens is 6. The molecule has 0 aliphatic rings. The van der Waals surface area contributed by atoms with Gasteiger partial charge in [0.15, 0.2) is 0 Å². The van der Waals surface area contributed by atoms with Crippen molar-refractivity contribution in [2.75, 3.05) is 14.1 Å². The molecule has 3 aromatic rings. The molecule has 134 valence electrons.